The molecule has 6 atom stereocenters. The van der Waals surface area contributed by atoms with Crippen LogP contribution in [0.4, 0.5) is 0 Å². The summed E-state index contributed by atoms with van der Waals surface area (Å²) in [5.74, 6) is 0.616. The lowest BCUT2D eigenvalue weighted by atomic mass is 9.85. The molecule has 2 saturated heterocycles. The zero-order valence-corrected chi connectivity index (χ0v) is 17.2. The summed E-state index contributed by atoms with van der Waals surface area (Å²) in [6.07, 6.45) is 11.6. The van der Waals surface area contributed by atoms with E-state index in [-0.39, 0.29) is 30.7 Å². The fourth-order valence-electron chi connectivity index (χ4n) is 4.34. The molecule has 0 aromatic carbocycles. The molecule has 2 fully saturated rings. The second-order valence-electron chi connectivity index (χ2n) is 8.72. The van der Waals surface area contributed by atoms with E-state index >= 15 is 0 Å². The quantitative estimate of drug-likeness (QED) is 0.616. The van der Waals surface area contributed by atoms with E-state index in [0.29, 0.717) is 11.8 Å². The molecule has 1 spiro atoms. The van der Waals surface area contributed by atoms with Gasteiger partial charge in [-0.1, -0.05) is 19.9 Å². The van der Waals surface area contributed by atoms with Gasteiger partial charge in [0.2, 0.25) is 0 Å². The monoisotopic (exact) mass is 368 g/mol. The van der Waals surface area contributed by atoms with Crippen LogP contribution in [0.15, 0.2) is 11.6 Å². The Labute approximate surface area is 160 Å². The summed E-state index contributed by atoms with van der Waals surface area (Å²) in [5, 5.41) is 18.8. The summed E-state index contributed by atoms with van der Waals surface area (Å²) in [4.78, 5) is 0. The smallest absolute Gasteiger partial charge is 0.169 e. The molecule has 0 aliphatic carbocycles. The van der Waals surface area contributed by atoms with E-state index in [4.69, 9.17) is 14.6 Å². The molecule has 26 heavy (non-hydrogen) atoms. The van der Waals surface area contributed by atoms with E-state index in [2.05, 4.69) is 19.9 Å². The Hall–Kier alpha value is -0.420. The average Bonchev–Trinajstić information content (AvgIpc) is 2.61. The van der Waals surface area contributed by atoms with Crippen LogP contribution in [0.25, 0.3) is 0 Å². The minimum absolute atomic E-state index is 0.213. The molecule has 152 valence electrons. The Balaban J connectivity index is 1.87. The first-order valence-corrected chi connectivity index (χ1v) is 10.7. The Bertz CT molecular complexity index is 447. The summed E-state index contributed by atoms with van der Waals surface area (Å²) >= 11 is 0. The minimum atomic E-state index is -0.385. The van der Waals surface area contributed by atoms with Gasteiger partial charge in [-0.2, -0.15) is 0 Å². The molecule has 4 nitrogen and oxygen atoms in total. The van der Waals surface area contributed by atoms with Gasteiger partial charge >= 0.3 is 0 Å². The van der Waals surface area contributed by atoms with Crippen molar-refractivity contribution in [3.8, 4) is 0 Å². The van der Waals surface area contributed by atoms with Crippen molar-refractivity contribution in [2.24, 2.45) is 11.8 Å². The van der Waals surface area contributed by atoms with Gasteiger partial charge in [-0.3, -0.25) is 0 Å². The van der Waals surface area contributed by atoms with Crippen LogP contribution in [0.1, 0.15) is 85.5 Å². The second-order valence-corrected chi connectivity index (χ2v) is 8.72. The van der Waals surface area contributed by atoms with Gasteiger partial charge in [-0.05, 0) is 76.2 Å². The molecule has 0 saturated carbocycles. The third-order valence-electron chi connectivity index (χ3n) is 6.24. The highest BCUT2D eigenvalue weighted by Gasteiger charge is 2.44. The maximum atomic E-state index is 9.64. The number of rotatable bonds is 8. The lowest BCUT2D eigenvalue weighted by molar-refractivity contribution is -0.324. The molecular weight excluding hydrogens is 328 g/mol. The molecule has 2 N–H and O–H groups in total. The molecule has 0 amide bonds. The lowest BCUT2D eigenvalue weighted by Gasteiger charge is -2.48. The molecule has 2 rings (SSSR count). The largest absolute Gasteiger partial charge is 0.396 e. The van der Waals surface area contributed by atoms with E-state index in [0.717, 1.165) is 56.9 Å². The van der Waals surface area contributed by atoms with E-state index < -0.39 is 0 Å². The van der Waals surface area contributed by atoms with Crippen LogP contribution in [0.3, 0.4) is 0 Å². The second kappa shape index (κ2) is 10.2. The maximum absolute atomic E-state index is 9.64. The van der Waals surface area contributed by atoms with E-state index in [1.807, 2.05) is 13.8 Å². The summed E-state index contributed by atoms with van der Waals surface area (Å²) in [5.41, 5.74) is 1.05. The van der Waals surface area contributed by atoms with Crippen LogP contribution >= 0.6 is 0 Å². The highest BCUT2D eigenvalue weighted by Crippen LogP contribution is 2.42. The third-order valence-corrected chi connectivity index (χ3v) is 6.24. The molecule has 2 heterocycles. The predicted octanol–water partition coefficient (Wildman–Crippen LogP) is 4.58. The fraction of sp³-hybridized carbons (Fsp3) is 0.909. The highest BCUT2D eigenvalue weighted by atomic mass is 16.7. The van der Waals surface area contributed by atoms with Gasteiger partial charge in [-0.25, -0.2) is 0 Å². The number of hydrogen-bond acceptors (Lipinski definition) is 4. The van der Waals surface area contributed by atoms with Crippen LogP contribution < -0.4 is 0 Å². The van der Waals surface area contributed by atoms with Gasteiger partial charge in [0.05, 0.1) is 18.3 Å². The van der Waals surface area contributed by atoms with E-state index in [1.165, 1.54) is 6.42 Å². The molecule has 0 aromatic rings. The van der Waals surface area contributed by atoms with Crippen molar-refractivity contribution in [1.82, 2.24) is 0 Å². The topological polar surface area (TPSA) is 58.9 Å². The molecule has 4 heteroatoms. The fourth-order valence-corrected chi connectivity index (χ4v) is 4.34. The number of aliphatic hydroxyl groups is 2. The van der Waals surface area contributed by atoms with Crippen LogP contribution in [-0.4, -0.2) is 40.9 Å². The normalized spacial score (nSPS) is 35.5. The summed E-state index contributed by atoms with van der Waals surface area (Å²) < 4.78 is 13.0. The molecule has 2 aliphatic rings. The van der Waals surface area contributed by atoms with Crippen molar-refractivity contribution in [1.29, 1.82) is 0 Å². The van der Waals surface area contributed by atoms with Gasteiger partial charge < -0.3 is 19.7 Å². The SMILES string of the molecule is C/C(=C\[C@@H](C)CC[C@@H]1CCCC2(CCC(C)[C@@H](CCCO)O2)O1)[C@H](C)O. The summed E-state index contributed by atoms with van der Waals surface area (Å²) in [7, 11) is 0. The average molecular weight is 369 g/mol. The van der Waals surface area contributed by atoms with Crippen molar-refractivity contribution >= 4 is 0 Å². The summed E-state index contributed by atoms with van der Waals surface area (Å²) in [6.45, 7) is 8.53. The lowest BCUT2D eigenvalue weighted by Crippen LogP contribution is -2.50. The Morgan fingerprint density at radius 3 is 2.65 bits per heavy atom. The maximum Gasteiger partial charge on any atom is 0.169 e. The number of aliphatic hydroxyl groups excluding tert-OH is 2. The van der Waals surface area contributed by atoms with Crippen molar-refractivity contribution < 1.29 is 19.7 Å². The number of ether oxygens (including phenoxy) is 2. The Morgan fingerprint density at radius 1 is 1.19 bits per heavy atom. The zero-order chi connectivity index (χ0) is 19.2. The van der Waals surface area contributed by atoms with Crippen LogP contribution in [0.5, 0.6) is 0 Å². The summed E-state index contributed by atoms with van der Waals surface area (Å²) in [6, 6.07) is 0. The number of allylic oxidation sites excluding steroid dienone is 1. The first kappa shape index (κ1) is 21.9. The molecule has 0 radical (unpaired) electrons. The predicted molar refractivity (Wildman–Crippen MR) is 105 cm³/mol. The van der Waals surface area contributed by atoms with E-state index in [1.54, 1.807) is 0 Å². The Kier molecular flexibility index (Phi) is 8.59. The molecule has 2 aliphatic heterocycles. The van der Waals surface area contributed by atoms with Gasteiger partial charge in [-0.15, -0.1) is 0 Å². The van der Waals surface area contributed by atoms with Crippen molar-refractivity contribution in [3.05, 3.63) is 11.6 Å². The van der Waals surface area contributed by atoms with Gasteiger partial charge in [0.15, 0.2) is 5.79 Å². The molecular formula is C22H40O4. The van der Waals surface area contributed by atoms with Crippen molar-refractivity contribution in [2.75, 3.05) is 6.61 Å². The zero-order valence-electron chi connectivity index (χ0n) is 17.2. The van der Waals surface area contributed by atoms with Crippen molar-refractivity contribution in [2.45, 2.75) is 110 Å². The third kappa shape index (κ3) is 6.33. The number of hydrogen-bond donors (Lipinski definition) is 2. The standard InChI is InChI=1S/C22H40O4/c1-16(15-18(3)19(4)24)9-10-20-7-5-12-22(25-20)13-11-17(2)21(26-22)8-6-14-23/h15-17,19-21,23-24H,5-14H2,1-4H3/b18-15+/t16-,17?,19-,20-,21+,22?/m0/s1. The van der Waals surface area contributed by atoms with E-state index in [9.17, 15) is 5.11 Å². The van der Waals surface area contributed by atoms with Gasteiger partial charge in [0.25, 0.3) is 0 Å². The van der Waals surface area contributed by atoms with Crippen LogP contribution in [-0.2, 0) is 9.47 Å². The van der Waals surface area contributed by atoms with Gasteiger partial charge in [0.1, 0.15) is 0 Å². The highest BCUT2D eigenvalue weighted by molar-refractivity contribution is 5.04. The minimum Gasteiger partial charge on any atom is -0.396 e. The first-order valence-electron chi connectivity index (χ1n) is 10.7. The Morgan fingerprint density at radius 2 is 1.96 bits per heavy atom. The molecule has 2 unspecified atom stereocenters. The van der Waals surface area contributed by atoms with Crippen LogP contribution in [0, 0.1) is 11.8 Å². The van der Waals surface area contributed by atoms with Gasteiger partial charge in [0, 0.05) is 19.4 Å². The van der Waals surface area contributed by atoms with Crippen LogP contribution in [0.2, 0.25) is 0 Å². The molecule has 0 aromatic heterocycles. The first-order chi connectivity index (χ1) is 12.3. The van der Waals surface area contributed by atoms with Crippen molar-refractivity contribution in [3.63, 3.8) is 0 Å². The molecule has 0 bridgehead atoms.